The molecule has 0 bridgehead atoms. The first-order chi connectivity index (χ1) is 11.0. The minimum Gasteiger partial charge on any atom is -0.233 e. The molecule has 0 aliphatic rings. The molecule has 4 nitrogen and oxygen atoms in total. The zero-order valence-corrected chi connectivity index (χ0v) is 14.0. The number of hydrogen-bond donors (Lipinski definition) is 0. The molecule has 3 aromatic rings. The van der Waals surface area contributed by atoms with Crippen molar-refractivity contribution in [3.05, 3.63) is 54.7 Å². The third-order valence-electron chi connectivity index (χ3n) is 2.99. The van der Waals surface area contributed by atoms with Crippen molar-refractivity contribution in [2.24, 2.45) is 0 Å². The molecule has 3 rings (SSSR count). The van der Waals surface area contributed by atoms with Crippen LogP contribution in [0, 0.1) is 0 Å². The van der Waals surface area contributed by atoms with E-state index in [-0.39, 0.29) is 5.52 Å². The summed E-state index contributed by atoms with van der Waals surface area (Å²) in [5, 5.41) is 4.49. The Morgan fingerprint density at radius 2 is 1.58 bits per heavy atom. The minimum atomic E-state index is -8.73. The van der Waals surface area contributed by atoms with Crippen LogP contribution >= 0.6 is 19.7 Å². The van der Waals surface area contributed by atoms with E-state index in [9.17, 15) is 15.5 Å². The number of halogens is 5. The van der Waals surface area contributed by atoms with Gasteiger partial charge in [0.25, 0.3) is 9.05 Å². The summed E-state index contributed by atoms with van der Waals surface area (Å²) < 4.78 is 71.2. The standard InChI is InChI=1S/C13H9ClF4N2S.O2S/c14-21(15,16,17,18)12-7-6-10-9-19-20(13(10)8-12)11-4-2-1-3-5-11;1-3-2/h1-9H;. The number of para-hydroxylation sites is 1. The SMILES string of the molecule is FS(F)(F)(F)(Cl)c1ccc2cnn(-c3ccccc3)c2c1.O=S=O. The summed E-state index contributed by atoms with van der Waals surface area (Å²) in [7, 11) is -4.37. The van der Waals surface area contributed by atoms with Crippen LogP contribution in [0.2, 0.25) is 0 Å². The van der Waals surface area contributed by atoms with Crippen molar-refractivity contribution in [1.82, 2.24) is 9.78 Å². The van der Waals surface area contributed by atoms with Crippen molar-refractivity contribution in [3.63, 3.8) is 0 Å². The Hall–Kier alpha value is -1.91. The quantitative estimate of drug-likeness (QED) is 0.550. The monoisotopic (exact) mass is 400 g/mol. The molecule has 0 N–H and O–H groups in total. The lowest BCUT2D eigenvalue weighted by molar-refractivity contribution is 0.480. The van der Waals surface area contributed by atoms with Gasteiger partial charge in [0.05, 0.1) is 22.3 Å². The lowest BCUT2D eigenvalue weighted by Gasteiger charge is -2.42. The van der Waals surface area contributed by atoms with Gasteiger partial charge in [-0.2, -0.15) is 13.5 Å². The maximum atomic E-state index is 13.3. The third-order valence-corrected chi connectivity index (χ3v) is 4.67. The molecule has 0 aliphatic carbocycles. The van der Waals surface area contributed by atoms with Crippen molar-refractivity contribution in [1.29, 1.82) is 0 Å². The van der Waals surface area contributed by atoms with Crippen molar-refractivity contribution in [2.75, 3.05) is 0 Å². The highest BCUT2D eigenvalue weighted by Gasteiger charge is 2.63. The highest BCUT2D eigenvalue weighted by atomic mass is 35.7. The number of aromatic nitrogens is 2. The third kappa shape index (κ3) is 4.13. The first-order valence-electron chi connectivity index (χ1n) is 6.15. The van der Waals surface area contributed by atoms with Crippen LogP contribution < -0.4 is 0 Å². The van der Waals surface area contributed by atoms with Gasteiger partial charge in [-0.15, -0.1) is 15.5 Å². The first kappa shape index (κ1) is 18.4. The van der Waals surface area contributed by atoms with Crippen molar-refractivity contribution >= 4 is 42.2 Å². The predicted molar refractivity (Wildman–Crippen MR) is 86.1 cm³/mol. The van der Waals surface area contributed by atoms with Gasteiger partial charge in [0, 0.05) is 16.1 Å². The second-order valence-corrected chi connectivity index (χ2v) is 9.06. The average Bonchev–Trinajstić information content (AvgIpc) is 2.90. The number of rotatable bonds is 2. The molecule has 24 heavy (non-hydrogen) atoms. The summed E-state index contributed by atoms with van der Waals surface area (Å²) in [5.41, 5.74) is 0.706. The minimum absolute atomic E-state index is 0.134. The molecule has 11 heteroatoms. The average molecular weight is 401 g/mol. The molecule has 0 atom stereocenters. The highest BCUT2D eigenvalue weighted by Crippen LogP contribution is 3.04. The summed E-state index contributed by atoms with van der Waals surface area (Å²) >= 11 is -0.750. The Bertz CT molecular complexity index is 924. The summed E-state index contributed by atoms with van der Waals surface area (Å²) in [6.07, 6.45) is 1.41. The van der Waals surface area contributed by atoms with Crippen LogP contribution in [0.4, 0.5) is 15.5 Å². The van der Waals surface area contributed by atoms with Gasteiger partial charge in [-0.25, -0.2) is 4.68 Å². The van der Waals surface area contributed by atoms with E-state index in [1.165, 1.54) is 10.9 Å². The summed E-state index contributed by atoms with van der Waals surface area (Å²) in [5.74, 6) is 0. The van der Waals surface area contributed by atoms with Gasteiger partial charge in [-0.1, -0.05) is 18.2 Å². The lowest BCUT2D eigenvalue weighted by atomic mass is 10.2. The predicted octanol–water partition coefficient (Wildman–Crippen LogP) is 5.28. The molecule has 0 aliphatic heterocycles. The molecule has 0 saturated carbocycles. The van der Waals surface area contributed by atoms with Gasteiger partial charge in [-0.05, 0) is 30.3 Å². The zero-order valence-electron chi connectivity index (χ0n) is 11.6. The largest absolute Gasteiger partial charge is 0.335 e. The van der Waals surface area contributed by atoms with E-state index < -0.39 is 25.5 Å². The van der Waals surface area contributed by atoms with Crippen LogP contribution in [-0.2, 0) is 11.6 Å². The van der Waals surface area contributed by atoms with Gasteiger partial charge in [-0.3, -0.25) is 0 Å². The normalized spacial score (nSPS) is 14.2. The molecular formula is C13H9ClF4N2O2S2. The van der Waals surface area contributed by atoms with Crippen LogP contribution in [0.5, 0.6) is 0 Å². The topological polar surface area (TPSA) is 52.0 Å². The molecule has 130 valence electrons. The Morgan fingerprint density at radius 1 is 1.00 bits per heavy atom. The van der Waals surface area contributed by atoms with E-state index in [0.29, 0.717) is 23.2 Å². The molecule has 0 unspecified atom stereocenters. The maximum Gasteiger partial charge on any atom is 0.335 e. The van der Waals surface area contributed by atoms with E-state index in [1.807, 2.05) is 0 Å². The fourth-order valence-electron chi connectivity index (χ4n) is 2.01. The van der Waals surface area contributed by atoms with Gasteiger partial charge in [0.2, 0.25) is 0 Å². The number of nitrogens with zero attached hydrogens (tertiary/aromatic N) is 2. The van der Waals surface area contributed by atoms with Gasteiger partial charge in [0.15, 0.2) is 0 Å². The maximum absolute atomic E-state index is 13.3. The van der Waals surface area contributed by atoms with E-state index in [2.05, 4.69) is 15.8 Å². The first-order valence-corrected chi connectivity index (χ1v) is 9.70. The molecule has 1 heterocycles. The molecule has 0 spiro atoms. The summed E-state index contributed by atoms with van der Waals surface area (Å²) in [4.78, 5) is -1.48. The molecule has 0 saturated heterocycles. The number of hydrogen-bond acceptors (Lipinski definition) is 3. The van der Waals surface area contributed by atoms with E-state index in [4.69, 9.17) is 8.42 Å². The summed E-state index contributed by atoms with van der Waals surface area (Å²) in [6.45, 7) is 0. The number of benzene rings is 2. The van der Waals surface area contributed by atoms with E-state index >= 15 is 0 Å². The molecule has 2 aromatic carbocycles. The van der Waals surface area contributed by atoms with Gasteiger partial charge in [0.1, 0.15) is 0 Å². The van der Waals surface area contributed by atoms with Gasteiger partial charge < -0.3 is 0 Å². The van der Waals surface area contributed by atoms with Crippen LogP contribution in [-0.4, -0.2) is 18.2 Å². The van der Waals surface area contributed by atoms with Crippen LogP contribution in [0.1, 0.15) is 0 Å². The molecule has 0 amide bonds. The van der Waals surface area contributed by atoms with Crippen LogP contribution in [0.15, 0.2) is 59.6 Å². The van der Waals surface area contributed by atoms with E-state index in [1.54, 1.807) is 30.3 Å². The van der Waals surface area contributed by atoms with Crippen molar-refractivity contribution < 1.29 is 24.0 Å². The summed E-state index contributed by atoms with van der Waals surface area (Å²) in [6, 6.07) is 11.1. The van der Waals surface area contributed by atoms with Crippen molar-refractivity contribution in [3.8, 4) is 5.69 Å². The fourth-order valence-corrected chi connectivity index (χ4v) is 2.96. The highest BCUT2D eigenvalue weighted by molar-refractivity contribution is 8.65. The Labute approximate surface area is 141 Å². The molecular weight excluding hydrogens is 392 g/mol. The molecule has 0 radical (unpaired) electrons. The van der Waals surface area contributed by atoms with Crippen LogP contribution in [0.3, 0.4) is 0 Å². The smallest absolute Gasteiger partial charge is 0.233 e. The Balaban J connectivity index is 0.000000647. The molecule has 1 aromatic heterocycles. The lowest BCUT2D eigenvalue weighted by Crippen LogP contribution is -2.05. The second-order valence-electron chi connectivity index (χ2n) is 4.65. The zero-order chi connectivity index (χ0) is 18.1. The Morgan fingerprint density at radius 3 is 2.12 bits per heavy atom. The van der Waals surface area contributed by atoms with E-state index in [0.717, 1.165) is 6.07 Å². The van der Waals surface area contributed by atoms with Gasteiger partial charge >= 0.3 is 11.6 Å². The molecule has 0 fully saturated rings. The second kappa shape index (κ2) is 5.57. The Kier molecular flexibility index (Phi) is 4.28. The van der Waals surface area contributed by atoms with Crippen LogP contribution in [0.25, 0.3) is 16.6 Å². The van der Waals surface area contributed by atoms with Crippen molar-refractivity contribution in [2.45, 2.75) is 4.90 Å². The fraction of sp³-hybridized carbons (Fsp3) is 0. The number of fused-ring (bicyclic) bond motifs is 1.